The zero-order valence-corrected chi connectivity index (χ0v) is 33.4. The van der Waals surface area contributed by atoms with Gasteiger partial charge in [0.05, 0.1) is 19.2 Å². The molecule has 6 atom stereocenters. The highest BCUT2D eigenvalue weighted by molar-refractivity contribution is 5.96. The lowest BCUT2D eigenvalue weighted by atomic mass is 10.0. The van der Waals surface area contributed by atoms with Crippen molar-refractivity contribution in [2.75, 3.05) is 26.2 Å². The molecule has 6 amide bonds. The van der Waals surface area contributed by atoms with Crippen LogP contribution in [0.15, 0.2) is 48.5 Å². The van der Waals surface area contributed by atoms with Crippen LogP contribution in [0.1, 0.15) is 63.5 Å². The smallest absolute Gasteiger partial charge is 0.326 e. The van der Waals surface area contributed by atoms with Crippen molar-refractivity contribution < 1.29 is 54.0 Å². The highest BCUT2D eigenvalue weighted by atomic mass is 16.4. The molecule has 3 rings (SSSR count). The number of aromatic hydroxyl groups is 2. The number of phenolic OH excluding ortho intramolecular Hbond substituents is 2. The van der Waals surface area contributed by atoms with Gasteiger partial charge in [0.2, 0.25) is 35.4 Å². The van der Waals surface area contributed by atoms with Gasteiger partial charge < -0.3 is 63.4 Å². The average molecular weight is 827 g/mol. The molecule has 1 fully saturated rings. The summed E-state index contributed by atoms with van der Waals surface area (Å²) in [6, 6.07) is 4.12. The van der Waals surface area contributed by atoms with E-state index < -0.39 is 84.9 Å². The minimum Gasteiger partial charge on any atom is -0.508 e. The second kappa shape index (κ2) is 23.6. The number of carbonyl (C=O) groups is 7. The molecule has 1 aliphatic rings. The van der Waals surface area contributed by atoms with Crippen LogP contribution in [0.25, 0.3) is 0 Å². The number of unbranched alkanes of at least 4 members (excludes halogenated alkanes) is 1. The lowest BCUT2D eigenvalue weighted by molar-refractivity contribution is -0.142. The highest BCUT2D eigenvalue weighted by Crippen LogP contribution is 2.20. The first-order valence-corrected chi connectivity index (χ1v) is 19.7. The third kappa shape index (κ3) is 15.5. The lowest BCUT2D eigenvalue weighted by Crippen LogP contribution is -2.59. The van der Waals surface area contributed by atoms with Crippen molar-refractivity contribution in [2.24, 2.45) is 17.4 Å². The van der Waals surface area contributed by atoms with Gasteiger partial charge in [-0.05, 0) is 86.4 Å². The number of carboxylic acid groups (broad SMARTS) is 1. The number of carbonyl (C=O) groups excluding carboxylic acids is 6. The zero-order valence-electron chi connectivity index (χ0n) is 33.4. The predicted octanol–water partition coefficient (Wildman–Crippen LogP) is -1.49. The molecule has 0 radical (unpaired) electrons. The molecule has 1 heterocycles. The summed E-state index contributed by atoms with van der Waals surface area (Å²) in [5, 5.41) is 51.8. The Morgan fingerprint density at radius 3 is 1.75 bits per heavy atom. The van der Waals surface area contributed by atoms with E-state index in [1.807, 2.05) is 13.8 Å². The molecule has 0 bridgehead atoms. The van der Waals surface area contributed by atoms with E-state index in [0.717, 1.165) is 0 Å². The van der Waals surface area contributed by atoms with Crippen molar-refractivity contribution in [3.05, 3.63) is 59.7 Å². The fourth-order valence-corrected chi connectivity index (χ4v) is 6.57. The maximum absolute atomic E-state index is 14.0. The van der Waals surface area contributed by atoms with Crippen LogP contribution in [0.3, 0.4) is 0 Å². The number of rotatable bonds is 23. The first-order chi connectivity index (χ1) is 28.0. The summed E-state index contributed by atoms with van der Waals surface area (Å²) < 4.78 is 0. The molecule has 13 N–H and O–H groups in total. The van der Waals surface area contributed by atoms with E-state index in [2.05, 4.69) is 26.6 Å². The first-order valence-electron chi connectivity index (χ1n) is 19.7. The minimum absolute atomic E-state index is 0.0520. The first kappa shape index (κ1) is 47.6. The number of nitrogens with zero attached hydrogens (tertiary/aromatic N) is 1. The molecular weight excluding hydrogens is 768 g/mol. The van der Waals surface area contributed by atoms with Gasteiger partial charge >= 0.3 is 5.97 Å². The van der Waals surface area contributed by atoms with Crippen molar-refractivity contribution in [2.45, 2.75) is 101 Å². The van der Waals surface area contributed by atoms with Crippen LogP contribution in [0.4, 0.5) is 0 Å². The number of nitrogens with two attached hydrogens (primary N) is 2. The summed E-state index contributed by atoms with van der Waals surface area (Å²) in [6.45, 7) is 2.99. The van der Waals surface area contributed by atoms with E-state index in [1.54, 1.807) is 0 Å². The molecule has 0 spiro atoms. The molecule has 2 aromatic rings. The highest BCUT2D eigenvalue weighted by Gasteiger charge is 2.37. The summed E-state index contributed by atoms with van der Waals surface area (Å²) in [7, 11) is 0. The van der Waals surface area contributed by atoms with Gasteiger partial charge in [-0.25, -0.2) is 4.79 Å². The topological polar surface area (TPSA) is 316 Å². The number of aliphatic carboxylic acids is 1. The molecule has 6 unspecified atom stereocenters. The molecule has 59 heavy (non-hydrogen) atoms. The van der Waals surface area contributed by atoms with Crippen LogP contribution in [0.5, 0.6) is 11.5 Å². The van der Waals surface area contributed by atoms with Gasteiger partial charge in [-0.1, -0.05) is 38.1 Å². The predicted molar refractivity (Wildman–Crippen MR) is 214 cm³/mol. The van der Waals surface area contributed by atoms with E-state index in [9.17, 15) is 54.0 Å². The zero-order chi connectivity index (χ0) is 43.6. The van der Waals surface area contributed by atoms with Crippen LogP contribution in [-0.4, -0.2) is 129 Å². The molecule has 19 nitrogen and oxygen atoms in total. The average Bonchev–Trinajstić information content (AvgIpc) is 3.69. The van der Waals surface area contributed by atoms with Crippen molar-refractivity contribution in [3.63, 3.8) is 0 Å². The van der Waals surface area contributed by atoms with E-state index >= 15 is 0 Å². The monoisotopic (exact) mass is 826 g/mol. The van der Waals surface area contributed by atoms with Crippen LogP contribution >= 0.6 is 0 Å². The largest absolute Gasteiger partial charge is 0.508 e. The van der Waals surface area contributed by atoms with Gasteiger partial charge in [-0.15, -0.1) is 0 Å². The number of benzene rings is 2. The van der Waals surface area contributed by atoms with E-state index in [-0.39, 0.29) is 42.6 Å². The van der Waals surface area contributed by atoms with Crippen LogP contribution in [-0.2, 0) is 46.4 Å². The summed E-state index contributed by atoms with van der Waals surface area (Å²) in [5.41, 5.74) is 12.6. The minimum atomic E-state index is -1.60. The Hall–Kier alpha value is -5.79. The molecule has 1 saturated heterocycles. The summed E-state index contributed by atoms with van der Waals surface area (Å²) >= 11 is 0. The quantitative estimate of drug-likeness (QED) is 0.0570. The van der Waals surface area contributed by atoms with Crippen molar-refractivity contribution in [3.8, 4) is 11.5 Å². The van der Waals surface area contributed by atoms with Gasteiger partial charge in [0.1, 0.15) is 41.7 Å². The maximum Gasteiger partial charge on any atom is 0.326 e. The fourth-order valence-electron chi connectivity index (χ4n) is 6.57. The van der Waals surface area contributed by atoms with Gasteiger partial charge in [0, 0.05) is 19.4 Å². The summed E-state index contributed by atoms with van der Waals surface area (Å²) in [5.74, 6) is -5.79. The SMILES string of the molecule is CC(C)CC(N)C(=O)N1CCCC1C(=O)NCC(=O)NC(CO)C(=O)NC(Cc1ccc(O)cc1)C(=O)NC(Cc1ccc(O)cc1)C(=O)NC(CCCCN)C(=O)O. The number of hydrogen-bond donors (Lipinski definition) is 11. The number of aliphatic hydroxyl groups is 1. The van der Waals surface area contributed by atoms with Gasteiger partial charge in [-0.2, -0.15) is 0 Å². The Labute approximate surface area is 342 Å². The molecule has 0 aliphatic carbocycles. The fraction of sp³-hybridized carbons (Fsp3) is 0.525. The second-order valence-electron chi connectivity index (χ2n) is 15.0. The molecular formula is C40H58N8O11. The standard InChI is InChI=1S/C40H58N8O11/c1-23(2)18-28(42)39(57)48-17-5-7-33(48)38(56)43-21-34(52)44-32(22-49)37(55)47-31(20-25-10-14-27(51)15-11-25)36(54)46-30(19-24-8-12-26(50)13-9-24)35(53)45-29(40(58)59)6-3-4-16-41/h8-15,23,28-33,49-51H,3-7,16-22,41-42H2,1-2H3,(H,43,56)(H,44,52)(H,45,53)(H,46,54)(H,47,55)(H,58,59). The number of aliphatic hydroxyl groups excluding tert-OH is 1. The van der Waals surface area contributed by atoms with Crippen LogP contribution < -0.4 is 38.1 Å². The number of carboxylic acids is 1. The number of phenols is 2. The Kier molecular flexibility index (Phi) is 19.0. The molecule has 2 aromatic carbocycles. The Balaban J connectivity index is 1.76. The van der Waals surface area contributed by atoms with E-state index in [4.69, 9.17) is 11.5 Å². The van der Waals surface area contributed by atoms with Gasteiger partial charge in [0.25, 0.3) is 0 Å². The molecule has 19 heteroatoms. The third-order valence-corrected chi connectivity index (χ3v) is 9.72. The van der Waals surface area contributed by atoms with Crippen LogP contribution in [0, 0.1) is 5.92 Å². The Morgan fingerprint density at radius 2 is 1.27 bits per heavy atom. The number of hydrogen-bond acceptors (Lipinski definition) is 12. The van der Waals surface area contributed by atoms with Crippen molar-refractivity contribution >= 4 is 41.4 Å². The molecule has 0 saturated carbocycles. The summed E-state index contributed by atoms with van der Waals surface area (Å²) in [6.07, 6.45) is 2.03. The summed E-state index contributed by atoms with van der Waals surface area (Å²) in [4.78, 5) is 93.4. The molecule has 1 aliphatic heterocycles. The Bertz CT molecular complexity index is 1740. The van der Waals surface area contributed by atoms with E-state index in [0.29, 0.717) is 56.3 Å². The molecule has 324 valence electrons. The second-order valence-corrected chi connectivity index (χ2v) is 15.0. The number of nitrogens with one attached hydrogen (secondary N) is 5. The van der Waals surface area contributed by atoms with Crippen molar-refractivity contribution in [1.29, 1.82) is 0 Å². The number of amides is 6. The van der Waals surface area contributed by atoms with E-state index in [1.165, 1.54) is 53.4 Å². The van der Waals surface area contributed by atoms with Crippen LogP contribution in [0.2, 0.25) is 0 Å². The van der Waals surface area contributed by atoms with Gasteiger partial charge in [-0.3, -0.25) is 28.8 Å². The van der Waals surface area contributed by atoms with Crippen molar-refractivity contribution in [1.82, 2.24) is 31.5 Å². The third-order valence-electron chi connectivity index (χ3n) is 9.72. The lowest BCUT2D eigenvalue weighted by Gasteiger charge is -2.27. The number of likely N-dealkylation sites (tertiary alicyclic amines) is 1. The molecule has 0 aromatic heterocycles. The Morgan fingerprint density at radius 1 is 0.763 bits per heavy atom. The van der Waals surface area contributed by atoms with Gasteiger partial charge in [0.15, 0.2) is 0 Å². The maximum atomic E-state index is 14.0. The normalized spacial score (nSPS) is 16.2.